The predicted octanol–water partition coefficient (Wildman–Crippen LogP) is 7.35. The molecule has 0 aromatic heterocycles. The van der Waals surface area contributed by atoms with E-state index >= 15 is 0 Å². The van der Waals surface area contributed by atoms with E-state index in [2.05, 4.69) is 15.9 Å². The lowest BCUT2D eigenvalue weighted by Gasteiger charge is -2.23. The molecule has 1 aliphatic carbocycles. The molecular weight excluding hydrogens is 740 g/mol. The number of aromatic hydroxyl groups is 1. The number of allylic oxidation sites excluding steroid dienone is 2. The number of rotatable bonds is 9. The van der Waals surface area contributed by atoms with Crippen molar-refractivity contribution in [3.05, 3.63) is 95.2 Å². The zero-order valence-electron chi connectivity index (χ0n) is 30.7. The first-order valence-corrected chi connectivity index (χ1v) is 16.7. The number of ketones is 1. The first kappa shape index (κ1) is 39.4. The molecule has 12 nitrogen and oxygen atoms in total. The number of methoxy groups -OCH3 is 2. The van der Waals surface area contributed by atoms with Gasteiger partial charge in [0.2, 0.25) is 0 Å². The largest absolute Gasteiger partial charge is 0.506 e. The van der Waals surface area contributed by atoms with Gasteiger partial charge in [-0.15, -0.1) is 0 Å². The van der Waals surface area contributed by atoms with Crippen molar-refractivity contribution in [2.45, 2.75) is 62.3 Å². The third-order valence-corrected chi connectivity index (χ3v) is 10.2. The molecule has 13 heteroatoms. The molecule has 3 aromatic carbocycles. The second kappa shape index (κ2) is 15.0. The lowest BCUT2D eigenvalue weighted by molar-refractivity contribution is -0.137. The topological polar surface area (TPSA) is 172 Å². The zero-order valence-corrected chi connectivity index (χ0v) is 32.3. The number of aryl methyl sites for hydroxylation is 1. The Morgan fingerprint density at radius 1 is 0.654 bits per heavy atom. The van der Waals surface area contributed by atoms with Crippen LogP contribution in [0.1, 0.15) is 82.5 Å². The fourth-order valence-corrected chi connectivity index (χ4v) is 6.82. The van der Waals surface area contributed by atoms with Gasteiger partial charge in [-0.2, -0.15) is 0 Å². The summed E-state index contributed by atoms with van der Waals surface area (Å²) < 4.78 is 28.1. The number of carbonyl (C=O) groups is 5. The van der Waals surface area contributed by atoms with Gasteiger partial charge in [-0.3, -0.25) is 9.59 Å². The molecule has 52 heavy (non-hydrogen) atoms. The van der Waals surface area contributed by atoms with E-state index < -0.39 is 35.5 Å². The molecule has 0 saturated carbocycles. The number of esters is 3. The zero-order chi connectivity index (χ0) is 39.1. The summed E-state index contributed by atoms with van der Waals surface area (Å²) in [4.78, 5) is 64.5. The lowest BCUT2D eigenvalue weighted by atomic mass is 9.92. The quantitative estimate of drug-likeness (QED) is 0.164. The van der Waals surface area contributed by atoms with Gasteiger partial charge in [0.1, 0.15) is 50.3 Å². The number of phenols is 1. The SMILES string of the molecule is COC1=CC(=O)C=C(C)C1C(=O)Oc1c(C)c(C)c(C(=O)Oc2cc(C)c(C(=O)Oc3c(C)c(C)c(C(=O)O)c(C)c3C)c(OC)c2C)c(O)c1Br. The number of benzene rings is 3. The third-order valence-electron chi connectivity index (χ3n) is 9.45. The van der Waals surface area contributed by atoms with Crippen LogP contribution in [-0.4, -0.2) is 54.1 Å². The minimum atomic E-state index is -1.08. The van der Waals surface area contributed by atoms with Crippen molar-refractivity contribution in [3.63, 3.8) is 0 Å². The van der Waals surface area contributed by atoms with Gasteiger partial charge in [-0.25, -0.2) is 14.4 Å². The molecule has 1 unspecified atom stereocenters. The Balaban J connectivity index is 1.68. The Labute approximate surface area is 309 Å². The normalized spacial score (nSPS) is 13.9. The molecule has 0 radical (unpaired) electrons. The number of aromatic carboxylic acids is 1. The van der Waals surface area contributed by atoms with Crippen molar-refractivity contribution in [1.82, 2.24) is 0 Å². The van der Waals surface area contributed by atoms with E-state index in [1.807, 2.05) is 0 Å². The molecule has 0 fully saturated rings. The molecular formula is C39H39BrO12. The van der Waals surface area contributed by atoms with E-state index in [1.54, 1.807) is 62.3 Å². The molecule has 3 aromatic rings. The molecule has 0 saturated heterocycles. The van der Waals surface area contributed by atoms with Gasteiger partial charge in [0, 0.05) is 11.6 Å². The van der Waals surface area contributed by atoms with Crippen molar-refractivity contribution >= 4 is 45.6 Å². The maximum absolute atomic E-state index is 13.7. The van der Waals surface area contributed by atoms with Crippen LogP contribution in [0.25, 0.3) is 0 Å². The lowest BCUT2D eigenvalue weighted by Crippen LogP contribution is -2.28. The van der Waals surface area contributed by atoms with Crippen molar-refractivity contribution in [3.8, 4) is 28.7 Å². The van der Waals surface area contributed by atoms with Crippen LogP contribution in [0.3, 0.4) is 0 Å². The number of carboxylic acid groups (broad SMARTS) is 1. The van der Waals surface area contributed by atoms with Crippen LogP contribution in [0.2, 0.25) is 0 Å². The van der Waals surface area contributed by atoms with Crippen LogP contribution in [-0.2, 0) is 14.3 Å². The molecule has 0 bridgehead atoms. The van der Waals surface area contributed by atoms with Crippen LogP contribution < -0.4 is 18.9 Å². The minimum Gasteiger partial charge on any atom is -0.506 e. The van der Waals surface area contributed by atoms with Crippen LogP contribution in [0.15, 0.2) is 34.0 Å². The van der Waals surface area contributed by atoms with E-state index in [0.717, 1.165) is 0 Å². The number of halogens is 1. The summed E-state index contributed by atoms with van der Waals surface area (Å²) >= 11 is 3.26. The van der Waals surface area contributed by atoms with Gasteiger partial charge in [0.25, 0.3) is 0 Å². The molecule has 0 amide bonds. The van der Waals surface area contributed by atoms with Crippen molar-refractivity contribution in [1.29, 1.82) is 0 Å². The predicted molar refractivity (Wildman–Crippen MR) is 193 cm³/mol. The number of phenolic OH excluding ortho intramolecular Hbond substituents is 1. The Hall–Kier alpha value is -5.43. The Morgan fingerprint density at radius 2 is 1.19 bits per heavy atom. The number of carbonyl (C=O) groups excluding carboxylic acids is 4. The van der Waals surface area contributed by atoms with E-state index in [4.69, 9.17) is 23.7 Å². The van der Waals surface area contributed by atoms with Crippen molar-refractivity contribution < 1.29 is 57.9 Å². The molecule has 0 heterocycles. The second-order valence-electron chi connectivity index (χ2n) is 12.5. The molecule has 0 aliphatic heterocycles. The van der Waals surface area contributed by atoms with Crippen LogP contribution >= 0.6 is 15.9 Å². The molecule has 1 aliphatic rings. The Kier molecular flexibility index (Phi) is 11.4. The summed E-state index contributed by atoms with van der Waals surface area (Å²) in [5.74, 6) is -5.01. The van der Waals surface area contributed by atoms with Crippen LogP contribution in [0.4, 0.5) is 0 Å². The Bertz CT molecular complexity index is 2100. The summed E-state index contributed by atoms with van der Waals surface area (Å²) in [6.45, 7) is 14.6. The molecule has 2 N–H and O–H groups in total. The highest BCUT2D eigenvalue weighted by Crippen LogP contribution is 2.44. The van der Waals surface area contributed by atoms with Gasteiger partial charge >= 0.3 is 23.9 Å². The van der Waals surface area contributed by atoms with Gasteiger partial charge in [0.15, 0.2) is 11.5 Å². The van der Waals surface area contributed by atoms with Crippen molar-refractivity contribution in [2.75, 3.05) is 14.2 Å². The highest BCUT2D eigenvalue weighted by molar-refractivity contribution is 9.10. The first-order chi connectivity index (χ1) is 24.3. The van der Waals surface area contributed by atoms with Gasteiger partial charge in [-0.05, 0) is 135 Å². The summed E-state index contributed by atoms with van der Waals surface area (Å²) in [5, 5.41) is 20.9. The number of hydrogen-bond acceptors (Lipinski definition) is 11. The monoisotopic (exact) mass is 778 g/mol. The number of hydrogen-bond donors (Lipinski definition) is 2. The smallest absolute Gasteiger partial charge is 0.347 e. The average Bonchev–Trinajstić information content (AvgIpc) is 3.07. The number of ether oxygens (including phenoxy) is 5. The summed E-state index contributed by atoms with van der Waals surface area (Å²) in [6, 6.07) is 1.46. The first-order valence-electron chi connectivity index (χ1n) is 16.0. The third kappa shape index (κ3) is 6.92. The molecule has 1 atom stereocenters. The summed E-state index contributed by atoms with van der Waals surface area (Å²) in [5.41, 5.74) is 3.59. The minimum absolute atomic E-state index is 0.0387. The van der Waals surface area contributed by atoms with E-state index in [-0.39, 0.29) is 66.8 Å². The van der Waals surface area contributed by atoms with E-state index in [0.29, 0.717) is 39.0 Å². The van der Waals surface area contributed by atoms with E-state index in [9.17, 15) is 34.2 Å². The van der Waals surface area contributed by atoms with Crippen LogP contribution in [0, 0.1) is 61.3 Å². The highest BCUT2D eigenvalue weighted by atomic mass is 79.9. The fourth-order valence-electron chi connectivity index (χ4n) is 6.24. The van der Waals surface area contributed by atoms with E-state index in [1.165, 1.54) is 32.4 Å². The fraction of sp³-hybridized carbons (Fsp3) is 0.308. The molecule has 274 valence electrons. The second-order valence-corrected chi connectivity index (χ2v) is 13.3. The van der Waals surface area contributed by atoms with Gasteiger partial charge < -0.3 is 33.9 Å². The Morgan fingerprint density at radius 3 is 1.73 bits per heavy atom. The van der Waals surface area contributed by atoms with Gasteiger partial charge in [-0.1, -0.05) is 0 Å². The van der Waals surface area contributed by atoms with Crippen molar-refractivity contribution in [2.24, 2.45) is 5.92 Å². The maximum atomic E-state index is 13.7. The number of carboxylic acids is 1. The molecule has 4 rings (SSSR count). The standard InChI is InChI=1S/C39H39BrO12/c1-15-12-24(41)14-26(48-10)27(15)37(45)52-35-22(8)19(5)30(32(42)31(35)40)39(47)50-25-13-16(2)28(34(49-11)23(25)9)38(46)51-33-20(6)17(3)29(36(43)44)18(4)21(33)7/h12-14,27,42H,1-11H3,(H,43,44). The molecule has 0 spiro atoms. The highest BCUT2D eigenvalue weighted by Gasteiger charge is 2.34. The van der Waals surface area contributed by atoms with Crippen LogP contribution in [0.5, 0.6) is 28.7 Å². The summed E-state index contributed by atoms with van der Waals surface area (Å²) in [6.07, 6.45) is 2.50. The maximum Gasteiger partial charge on any atom is 0.347 e. The average molecular weight is 780 g/mol. The van der Waals surface area contributed by atoms with Gasteiger partial charge in [0.05, 0.1) is 19.8 Å². The summed E-state index contributed by atoms with van der Waals surface area (Å²) in [7, 11) is 2.68.